The van der Waals surface area contributed by atoms with Gasteiger partial charge in [0, 0.05) is 10.9 Å². The third-order valence-corrected chi connectivity index (χ3v) is 4.35. The van der Waals surface area contributed by atoms with Crippen LogP contribution in [-0.4, -0.2) is 12.2 Å². The molecule has 0 spiro atoms. The van der Waals surface area contributed by atoms with Crippen molar-refractivity contribution in [3.8, 4) is 33.8 Å². The summed E-state index contributed by atoms with van der Waals surface area (Å²) in [5.74, 6) is 0.886. The minimum Gasteiger partial charge on any atom is -0.508 e. The molecule has 0 unspecified atom stereocenters. The molecule has 0 saturated carbocycles. The number of phenolic OH excluding ortho intramolecular Hbond substituents is 1. The molecule has 0 aliphatic heterocycles. The molecular formula is C22H16O4. The number of benzene rings is 3. The molecule has 0 fully saturated rings. The molecule has 1 N–H and O–H groups in total. The smallest absolute Gasteiger partial charge is 0.344 e. The van der Waals surface area contributed by atoms with Gasteiger partial charge >= 0.3 is 5.63 Å². The first kappa shape index (κ1) is 16.0. The third kappa shape index (κ3) is 2.71. The number of methoxy groups -OCH3 is 1. The van der Waals surface area contributed by atoms with Crippen LogP contribution in [0.25, 0.3) is 33.2 Å². The van der Waals surface area contributed by atoms with Gasteiger partial charge in [-0.15, -0.1) is 0 Å². The van der Waals surface area contributed by atoms with E-state index >= 15 is 0 Å². The lowest BCUT2D eigenvalue weighted by molar-refractivity contribution is 0.415. The number of rotatable bonds is 3. The van der Waals surface area contributed by atoms with Gasteiger partial charge in [0.2, 0.25) is 0 Å². The maximum absolute atomic E-state index is 12.8. The van der Waals surface area contributed by atoms with Crippen LogP contribution in [0.4, 0.5) is 0 Å². The van der Waals surface area contributed by atoms with Crippen LogP contribution in [0.15, 0.2) is 82.0 Å². The van der Waals surface area contributed by atoms with Crippen LogP contribution in [0.5, 0.6) is 11.5 Å². The summed E-state index contributed by atoms with van der Waals surface area (Å²) >= 11 is 0. The van der Waals surface area contributed by atoms with Gasteiger partial charge in [0.1, 0.15) is 17.1 Å². The van der Waals surface area contributed by atoms with E-state index in [9.17, 15) is 9.90 Å². The molecule has 0 aliphatic carbocycles. The molecule has 4 rings (SSSR count). The first-order chi connectivity index (χ1) is 12.7. The molecule has 4 heteroatoms. The molecule has 4 aromatic rings. The van der Waals surface area contributed by atoms with Crippen LogP contribution in [-0.2, 0) is 0 Å². The first-order valence-electron chi connectivity index (χ1n) is 8.17. The van der Waals surface area contributed by atoms with E-state index in [2.05, 4.69) is 0 Å². The number of hydrogen-bond acceptors (Lipinski definition) is 4. The maximum Gasteiger partial charge on any atom is 0.344 e. The van der Waals surface area contributed by atoms with Gasteiger partial charge < -0.3 is 14.3 Å². The summed E-state index contributed by atoms with van der Waals surface area (Å²) in [6, 6.07) is 21.5. The second kappa shape index (κ2) is 6.41. The fourth-order valence-corrected chi connectivity index (χ4v) is 3.10. The van der Waals surface area contributed by atoms with Crippen molar-refractivity contribution in [2.24, 2.45) is 0 Å². The van der Waals surface area contributed by atoms with Crippen LogP contribution in [0, 0.1) is 0 Å². The zero-order chi connectivity index (χ0) is 18.1. The summed E-state index contributed by atoms with van der Waals surface area (Å²) < 4.78 is 10.8. The molecule has 26 heavy (non-hydrogen) atoms. The van der Waals surface area contributed by atoms with E-state index in [-0.39, 0.29) is 5.75 Å². The number of hydrogen-bond donors (Lipinski definition) is 1. The molecule has 3 aromatic carbocycles. The lowest BCUT2D eigenvalue weighted by Crippen LogP contribution is -2.06. The molecule has 1 aromatic heterocycles. The molecule has 4 nitrogen and oxygen atoms in total. The second-order valence-electron chi connectivity index (χ2n) is 5.91. The van der Waals surface area contributed by atoms with Gasteiger partial charge in [-0.2, -0.15) is 0 Å². The minimum atomic E-state index is -0.406. The first-order valence-corrected chi connectivity index (χ1v) is 8.17. The molecule has 128 valence electrons. The van der Waals surface area contributed by atoms with E-state index < -0.39 is 5.63 Å². The average molecular weight is 344 g/mol. The highest BCUT2D eigenvalue weighted by Gasteiger charge is 2.18. The molecule has 0 radical (unpaired) electrons. The van der Waals surface area contributed by atoms with Crippen molar-refractivity contribution in [3.63, 3.8) is 0 Å². The summed E-state index contributed by atoms with van der Waals surface area (Å²) in [7, 11) is 1.60. The Kier molecular flexibility index (Phi) is 3.93. The van der Waals surface area contributed by atoms with Crippen LogP contribution in [0.1, 0.15) is 0 Å². The normalized spacial score (nSPS) is 10.8. The number of fused-ring (bicyclic) bond motifs is 1. The lowest BCUT2D eigenvalue weighted by atomic mass is 9.93. The molecule has 0 bridgehead atoms. The molecular weight excluding hydrogens is 328 g/mol. The van der Waals surface area contributed by atoms with Crippen molar-refractivity contribution in [2.75, 3.05) is 7.11 Å². The minimum absolute atomic E-state index is 0.173. The average Bonchev–Trinajstić information content (AvgIpc) is 2.68. The van der Waals surface area contributed by atoms with E-state index in [1.165, 1.54) is 0 Å². The highest BCUT2D eigenvalue weighted by Crippen LogP contribution is 2.36. The van der Waals surface area contributed by atoms with Gasteiger partial charge in [-0.05, 0) is 41.5 Å². The van der Waals surface area contributed by atoms with Gasteiger partial charge in [0.05, 0.1) is 12.7 Å². The van der Waals surface area contributed by atoms with E-state index in [1.807, 2.05) is 42.5 Å². The van der Waals surface area contributed by atoms with Crippen LogP contribution >= 0.6 is 0 Å². The van der Waals surface area contributed by atoms with Crippen LogP contribution in [0.2, 0.25) is 0 Å². The largest absolute Gasteiger partial charge is 0.508 e. The van der Waals surface area contributed by atoms with Crippen LogP contribution < -0.4 is 10.4 Å². The Morgan fingerprint density at radius 3 is 2.12 bits per heavy atom. The second-order valence-corrected chi connectivity index (χ2v) is 5.91. The summed E-state index contributed by atoms with van der Waals surface area (Å²) in [4.78, 5) is 12.8. The summed E-state index contributed by atoms with van der Waals surface area (Å²) in [6.45, 7) is 0. The zero-order valence-corrected chi connectivity index (χ0v) is 14.1. The fraction of sp³-hybridized carbons (Fsp3) is 0.0455. The van der Waals surface area contributed by atoms with E-state index in [0.717, 1.165) is 22.1 Å². The van der Waals surface area contributed by atoms with Gasteiger partial charge in [0.25, 0.3) is 0 Å². The number of aromatic hydroxyl groups is 1. The van der Waals surface area contributed by atoms with Gasteiger partial charge in [0.15, 0.2) is 0 Å². The van der Waals surface area contributed by atoms with Crippen LogP contribution in [0.3, 0.4) is 0 Å². The lowest BCUT2D eigenvalue weighted by Gasteiger charge is -2.12. The predicted octanol–water partition coefficient (Wildman–Crippen LogP) is 4.84. The third-order valence-electron chi connectivity index (χ3n) is 4.35. The highest BCUT2D eigenvalue weighted by atomic mass is 16.5. The molecule has 0 aliphatic rings. The fourth-order valence-electron chi connectivity index (χ4n) is 3.10. The monoisotopic (exact) mass is 344 g/mol. The van der Waals surface area contributed by atoms with Crippen molar-refractivity contribution in [3.05, 3.63) is 83.2 Å². The van der Waals surface area contributed by atoms with Gasteiger partial charge in [-0.1, -0.05) is 42.5 Å². The Balaban J connectivity index is 2.08. The maximum atomic E-state index is 12.8. The topological polar surface area (TPSA) is 59.7 Å². The molecule has 0 amide bonds. The van der Waals surface area contributed by atoms with Crippen molar-refractivity contribution in [1.82, 2.24) is 0 Å². The van der Waals surface area contributed by atoms with Crippen molar-refractivity contribution >= 4 is 11.0 Å². The number of para-hydroxylation sites is 1. The number of phenols is 1. The predicted molar refractivity (Wildman–Crippen MR) is 102 cm³/mol. The Morgan fingerprint density at radius 1 is 0.808 bits per heavy atom. The molecule has 1 heterocycles. The standard InChI is InChI=1S/C22H16O4/c1-25-17-12-8-15(9-13-17)21-20(14-6-10-16(23)11-7-14)18-4-2-3-5-19(18)26-22(21)24/h2-13,23H,1H3. The van der Waals surface area contributed by atoms with E-state index in [4.69, 9.17) is 9.15 Å². The summed E-state index contributed by atoms with van der Waals surface area (Å²) in [5.41, 5.74) is 2.96. The Morgan fingerprint density at radius 2 is 1.42 bits per heavy atom. The quantitative estimate of drug-likeness (QED) is 0.540. The number of ether oxygens (including phenoxy) is 1. The highest BCUT2D eigenvalue weighted by molar-refractivity contribution is 6.01. The SMILES string of the molecule is COc1ccc(-c2c(-c3ccc(O)cc3)c3ccccc3oc2=O)cc1. The van der Waals surface area contributed by atoms with Crippen molar-refractivity contribution in [1.29, 1.82) is 0 Å². The summed E-state index contributed by atoms with van der Waals surface area (Å²) in [6.07, 6.45) is 0. The van der Waals surface area contributed by atoms with Gasteiger partial charge in [-0.25, -0.2) is 4.79 Å². The Labute approximate surface area is 149 Å². The van der Waals surface area contributed by atoms with E-state index in [0.29, 0.717) is 16.9 Å². The Bertz CT molecular complexity index is 1120. The van der Waals surface area contributed by atoms with E-state index in [1.54, 1.807) is 37.4 Å². The zero-order valence-electron chi connectivity index (χ0n) is 14.1. The molecule has 0 atom stereocenters. The van der Waals surface area contributed by atoms with Crippen molar-refractivity contribution < 1.29 is 14.3 Å². The van der Waals surface area contributed by atoms with Gasteiger partial charge in [-0.3, -0.25) is 0 Å². The summed E-state index contributed by atoms with van der Waals surface area (Å²) in [5, 5.41) is 10.5. The Hall–Kier alpha value is -3.53. The van der Waals surface area contributed by atoms with Crippen molar-refractivity contribution in [2.45, 2.75) is 0 Å². The molecule has 0 saturated heterocycles.